The number of anilines is 1. The Bertz CT molecular complexity index is 1200. The predicted molar refractivity (Wildman–Crippen MR) is 125 cm³/mol. The first-order valence-electron chi connectivity index (χ1n) is 9.97. The van der Waals surface area contributed by atoms with Gasteiger partial charge in [-0.15, -0.1) is 0 Å². The summed E-state index contributed by atoms with van der Waals surface area (Å²) in [5, 5.41) is 3.31. The quantitative estimate of drug-likeness (QED) is 0.422. The van der Waals surface area contributed by atoms with Gasteiger partial charge in [0.05, 0.1) is 12.1 Å². The first-order valence-corrected chi connectivity index (χ1v) is 10.3. The van der Waals surface area contributed by atoms with Gasteiger partial charge in [-0.25, -0.2) is 0 Å². The maximum atomic E-state index is 12.3. The Morgan fingerprint density at radius 3 is 2.53 bits per heavy atom. The molecule has 1 heterocycles. The van der Waals surface area contributed by atoms with Gasteiger partial charge >= 0.3 is 5.97 Å². The number of fused-ring (bicyclic) bond motifs is 1. The first kappa shape index (κ1) is 21.6. The molecule has 0 fully saturated rings. The van der Waals surface area contributed by atoms with Gasteiger partial charge in [0.2, 0.25) is 0 Å². The second-order valence-corrected chi connectivity index (χ2v) is 7.73. The average molecular weight is 449 g/mol. The van der Waals surface area contributed by atoms with E-state index < -0.39 is 12.0 Å². The standard InChI is InChI=1S/C25H21ClN2O4/c1-31-25(30)22(27)12-15-6-9-17(10-7-15)32-18-11-8-16(21(26)14-18)13-20-19-4-2-3-5-23(19)28-24(20)29/h2-11,13-14,22H,12,27H2,1H3,(H,28,29)/b20-13+/t22-/m0/s1. The van der Waals surface area contributed by atoms with E-state index in [9.17, 15) is 9.59 Å². The topological polar surface area (TPSA) is 90.7 Å². The van der Waals surface area contributed by atoms with Gasteiger partial charge in [0.1, 0.15) is 17.5 Å². The highest BCUT2D eigenvalue weighted by Gasteiger charge is 2.23. The van der Waals surface area contributed by atoms with Gasteiger partial charge in [-0.05, 0) is 60.0 Å². The lowest BCUT2D eigenvalue weighted by Gasteiger charge is -2.11. The van der Waals surface area contributed by atoms with Crippen molar-refractivity contribution in [3.8, 4) is 11.5 Å². The van der Waals surface area contributed by atoms with Crippen molar-refractivity contribution in [1.29, 1.82) is 0 Å². The SMILES string of the molecule is COC(=O)[C@@H](N)Cc1ccc(Oc2ccc(/C=C3/C(=O)Nc4ccccc43)c(Cl)c2)cc1. The van der Waals surface area contributed by atoms with E-state index in [0.29, 0.717) is 34.1 Å². The van der Waals surface area contributed by atoms with Gasteiger partial charge in [-0.2, -0.15) is 0 Å². The van der Waals surface area contributed by atoms with E-state index in [2.05, 4.69) is 10.1 Å². The highest BCUT2D eigenvalue weighted by molar-refractivity contribution is 6.37. The van der Waals surface area contributed by atoms with Crippen molar-refractivity contribution in [2.75, 3.05) is 12.4 Å². The number of ether oxygens (including phenoxy) is 2. The normalized spacial score (nSPS) is 14.6. The average Bonchev–Trinajstić information content (AvgIpc) is 3.11. The van der Waals surface area contributed by atoms with Crippen LogP contribution in [-0.4, -0.2) is 25.0 Å². The minimum absolute atomic E-state index is 0.158. The van der Waals surface area contributed by atoms with E-state index >= 15 is 0 Å². The molecule has 32 heavy (non-hydrogen) atoms. The summed E-state index contributed by atoms with van der Waals surface area (Å²) in [6.45, 7) is 0. The number of halogens is 1. The number of amides is 1. The fraction of sp³-hybridized carbons (Fsp3) is 0.120. The van der Waals surface area contributed by atoms with Gasteiger partial charge in [0.15, 0.2) is 0 Å². The van der Waals surface area contributed by atoms with Crippen LogP contribution in [0.5, 0.6) is 11.5 Å². The van der Waals surface area contributed by atoms with Gasteiger partial charge in [-0.3, -0.25) is 9.59 Å². The zero-order valence-corrected chi connectivity index (χ0v) is 18.1. The van der Waals surface area contributed by atoms with Gasteiger partial charge < -0.3 is 20.5 Å². The van der Waals surface area contributed by atoms with Gasteiger partial charge in [0.25, 0.3) is 5.91 Å². The zero-order chi connectivity index (χ0) is 22.7. The zero-order valence-electron chi connectivity index (χ0n) is 17.3. The number of methoxy groups -OCH3 is 1. The molecule has 6 nitrogen and oxygen atoms in total. The van der Waals surface area contributed by atoms with E-state index in [0.717, 1.165) is 16.8 Å². The molecule has 162 valence electrons. The summed E-state index contributed by atoms with van der Waals surface area (Å²) < 4.78 is 10.5. The molecule has 3 N–H and O–H groups in total. The number of hydrogen-bond donors (Lipinski definition) is 2. The second kappa shape index (κ2) is 9.26. The highest BCUT2D eigenvalue weighted by atomic mass is 35.5. The minimum Gasteiger partial charge on any atom is -0.468 e. The Kier molecular flexibility index (Phi) is 6.25. The number of esters is 1. The Labute approximate surface area is 190 Å². The van der Waals surface area contributed by atoms with E-state index in [-0.39, 0.29) is 5.91 Å². The lowest BCUT2D eigenvalue weighted by molar-refractivity contribution is -0.142. The van der Waals surface area contributed by atoms with Crippen LogP contribution in [0.15, 0.2) is 66.7 Å². The predicted octanol–water partition coefficient (Wildman–Crippen LogP) is 4.67. The first-order chi connectivity index (χ1) is 15.4. The summed E-state index contributed by atoms with van der Waals surface area (Å²) in [6, 6.07) is 19.4. The summed E-state index contributed by atoms with van der Waals surface area (Å²) in [6.07, 6.45) is 2.14. The van der Waals surface area contributed by atoms with Crippen LogP contribution in [0.3, 0.4) is 0 Å². The van der Waals surface area contributed by atoms with Crippen molar-refractivity contribution in [3.63, 3.8) is 0 Å². The minimum atomic E-state index is -0.707. The number of carbonyl (C=O) groups is 2. The molecule has 0 saturated carbocycles. The summed E-state index contributed by atoms with van der Waals surface area (Å²) >= 11 is 6.46. The number of rotatable bonds is 6. The maximum Gasteiger partial charge on any atom is 0.322 e. The van der Waals surface area contributed by atoms with Crippen LogP contribution in [0.25, 0.3) is 11.6 Å². The van der Waals surface area contributed by atoms with Gasteiger partial charge in [0, 0.05) is 16.8 Å². The van der Waals surface area contributed by atoms with Crippen molar-refractivity contribution in [1.82, 2.24) is 0 Å². The largest absolute Gasteiger partial charge is 0.468 e. The smallest absolute Gasteiger partial charge is 0.322 e. The van der Waals surface area contributed by atoms with Crippen LogP contribution in [-0.2, 0) is 20.7 Å². The Morgan fingerprint density at radius 2 is 1.81 bits per heavy atom. The van der Waals surface area contributed by atoms with Crippen molar-refractivity contribution < 1.29 is 19.1 Å². The van der Waals surface area contributed by atoms with E-state index in [4.69, 9.17) is 22.1 Å². The number of nitrogens with one attached hydrogen (secondary N) is 1. The number of hydrogen-bond acceptors (Lipinski definition) is 5. The molecule has 0 aromatic heterocycles. The molecule has 3 aromatic carbocycles. The molecule has 7 heteroatoms. The fourth-order valence-electron chi connectivity index (χ4n) is 3.44. The molecule has 1 amide bonds. The third-order valence-corrected chi connectivity index (χ3v) is 5.43. The van der Waals surface area contributed by atoms with E-state index in [1.165, 1.54) is 7.11 Å². The van der Waals surface area contributed by atoms with Crippen molar-refractivity contribution >= 4 is 40.8 Å². The van der Waals surface area contributed by atoms with Crippen LogP contribution in [0, 0.1) is 0 Å². The maximum absolute atomic E-state index is 12.3. The Morgan fingerprint density at radius 1 is 1.09 bits per heavy atom. The lowest BCUT2D eigenvalue weighted by atomic mass is 10.0. The molecule has 0 bridgehead atoms. The third-order valence-electron chi connectivity index (χ3n) is 5.10. The number of nitrogens with two attached hydrogens (primary N) is 1. The third kappa shape index (κ3) is 4.66. The fourth-order valence-corrected chi connectivity index (χ4v) is 3.67. The van der Waals surface area contributed by atoms with Gasteiger partial charge in [-0.1, -0.05) is 41.9 Å². The van der Waals surface area contributed by atoms with Crippen LogP contribution < -0.4 is 15.8 Å². The molecule has 4 rings (SSSR count). The summed E-state index contributed by atoms with van der Waals surface area (Å²) in [7, 11) is 1.31. The molecule has 3 aromatic rings. The molecular formula is C25H21ClN2O4. The summed E-state index contributed by atoms with van der Waals surface area (Å²) in [5.74, 6) is 0.572. The van der Waals surface area contributed by atoms with Crippen LogP contribution in [0.2, 0.25) is 5.02 Å². The molecular weight excluding hydrogens is 428 g/mol. The Hall–Kier alpha value is -3.61. The molecule has 1 atom stereocenters. The van der Waals surface area contributed by atoms with E-state index in [1.807, 2.05) is 42.5 Å². The van der Waals surface area contributed by atoms with E-state index in [1.54, 1.807) is 30.3 Å². The number of benzene rings is 3. The molecule has 1 aliphatic rings. The lowest BCUT2D eigenvalue weighted by Crippen LogP contribution is -2.33. The highest BCUT2D eigenvalue weighted by Crippen LogP contribution is 2.35. The molecule has 0 aliphatic carbocycles. The second-order valence-electron chi connectivity index (χ2n) is 7.32. The molecule has 1 aliphatic heterocycles. The molecule has 0 saturated heterocycles. The summed E-state index contributed by atoms with van der Waals surface area (Å²) in [4.78, 5) is 23.8. The van der Waals surface area contributed by atoms with Crippen LogP contribution >= 0.6 is 11.6 Å². The Balaban J connectivity index is 1.47. The molecule has 0 radical (unpaired) electrons. The molecule has 0 spiro atoms. The van der Waals surface area contributed by atoms with Crippen LogP contribution in [0.1, 0.15) is 16.7 Å². The van der Waals surface area contributed by atoms with Crippen LogP contribution in [0.4, 0.5) is 5.69 Å². The summed E-state index contributed by atoms with van der Waals surface area (Å²) in [5.41, 5.74) is 9.61. The van der Waals surface area contributed by atoms with Crippen molar-refractivity contribution in [2.45, 2.75) is 12.5 Å². The van der Waals surface area contributed by atoms with Crippen molar-refractivity contribution in [2.24, 2.45) is 5.73 Å². The monoisotopic (exact) mass is 448 g/mol. The molecule has 0 unspecified atom stereocenters. The number of carbonyl (C=O) groups excluding carboxylic acids is 2. The number of para-hydroxylation sites is 1. The van der Waals surface area contributed by atoms with Crippen molar-refractivity contribution in [3.05, 3.63) is 88.4 Å².